The lowest BCUT2D eigenvalue weighted by Crippen LogP contribution is -2.29. The van der Waals surface area contributed by atoms with Crippen LogP contribution in [0.1, 0.15) is 41.3 Å². The maximum Gasteiger partial charge on any atom is 0.336 e. The molecule has 0 amide bonds. The van der Waals surface area contributed by atoms with E-state index in [1.807, 2.05) is 25.1 Å². The number of hydrogen-bond donors (Lipinski definition) is 1. The molecular formula is C24H22ClNO5. The van der Waals surface area contributed by atoms with Crippen LogP contribution in [0, 0.1) is 0 Å². The van der Waals surface area contributed by atoms with Crippen molar-refractivity contribution < 1.29 is 23.8 Å². The Labute approximate surface area is 185 Å². The first kappa shape index (κ1) is 21.0. The molecule has 0 saturated carbocycles. The number of dihydropyridines is 1. The molecule has 0 spiro atoms. The summed E-state index contributed by atoms with van der Waals surface area (Å²) in [4.78, 5) is 26.2. The van der Waals surface area contributed by atoms with E-state index < -0.39 is 11.9 Å². The number of esters is 1. The van der Waals surface area contributed by atoms with Gasteiger partial charge in [0.25, 0.3) is 0 Å². The highest BCUT2D eigenvalue weighted by Crippen LogP contribution is 2.49. The van der Waals surface area contributed by atoms with Gasteiger partial charge in [-0.2, -0.15) is 0 Å². The number of hydrogen-bond acceptors (Lipinski definition) is 6. The Morgan fingerprint density at radius 2 is 1.87 bits per heavy atom. The number of ether oxygens (including phenoxy) is 3. The van der Waals surface area contributed by atoms with Gasteiger partial charge in [0.05, 0.1) is 37.1 Å². The van der Waals surface area contributed by atoms with E-state index in [1.54, 1.807) is 25.1 Å². The lowest BCUT2D eigenvalue weighted by atomic mass is 9.79. The third-order valence-electron chi connectivity index (χ3n) is 5.53. The van der Waals surface area contributed by atoms with Crippen molar-refractivity contribution in [2.75, 3.05) is 20.8 Å². The predicted octanol–water partition coefficient (Wildman–Crippen LogP) is 4.49. The van der Waals surface area contributed by atoms with Crippen LogP contribution in [0.15, 0.2) is 53.2 Å². The minimum atomic E-state index is -0.675. The number of Topliss-reactive ketones (excluding diaryl/α,β-unsaturated/α-hetero) is 1. The first-order chi connectivity index (χ1) is 14.9. The summed E-state index contributed by atoms with van der Waals surface area (Å²) in [7, 11) is 2.84. The van der Waals surface area contributed by atoms with E-state index in [0.717, 1.165) is 5.56 Å². The summed E-state index contributed by atoms with van der Waals surface area (Å²) in [6, 6.07) is 10.8. The predicted molar refractivity (Wildman–Crippen MR) is 117 cm³/mol. The highest BCUT2D eigenvalue weighted by atomic mass is 35.5. The van der Waals surface area contributed by atoms with Crippen LogP contribution >= 0.6 is 11.6 Å². The average Bonchev–Trinajstić information content (AvgIpc) is 3.05. The number of halogens is 1. The Morgan fingerprint density at radius 1 is 1.16 bits per heavy atom. The fraction of sp³-hybridized carbons (Fsp3) is 0.250. The number of carbonyl (C=O) groups excluding carboxylic acids is 2. The summed E-state index contributed by atoms with van der Waals surface area (Å²) in [6.45, 7) is 4.06. The Balaban J connectivity index is 1.96. The number of benzene rings is 2. The normalized spacial score (nSPS) is 17.2. The fourth-order valence-corrected chi connectivity index (χ4v) is 4.51. The first-order valence-corrected chi connectivity index (χ1v) is 10.2. The Morgan fingerprint density at radius 3 is 2.52 bits per heavy atom. The number of nitrogens with one attached hydrogen (secondary N) is 1. The van der Waals surface area contributed by atoms with E-state index >= 15 is 0 Å². The van der Waals surface area contributed by atoms with Crippen molar-refractivity contribution in [3.63, 3.8) is 0 Å². The number of ketones is 1. The van der Waals surface area contributed by atoms with Gasteiger partial charge in [0, 0.05) is 28.3 Å². The molecule has 1 heterocycles. The van der Waals surface area contributed by atoms with Crippen molar-refractivity contribution in [2.45, 2.75) is 19.8 Å². The van der Waals surface area contributed by atoms with Gasteiger partial charge in [0.15, 0.2) is 17.3 Å². The molecule has 1 N–H and O–H groups in total. The standard InChI is InChI=1S/C24H22ClNO5/c1-5-31-23-16(25)10-13(11-17(23)29-3)19-18(24(28)30-4)12(2)26-21-14-8-6-7-9-15(14)22(27)20(19)21/h6-11,19,26H,5H2,1-4H3/t19-/m0/s1. The van der Waals surface area contributed by atoms with Crippen LogP contribution < -0.4 is 14.8 Å². The lowest BCUT2D eigenvalue weighted by molar-refractivity contribution is -0.136. The Kier molecular flexibility index (Phi) is 5.50. The van der Waals surface area contributed by atoms with Crippen molar-refractivity contribution >= 4 is 29.1 Å². The lowest BCUT2D eigenvalue weighted by Gasteiger charge is -2.29. The third kappa shape index (κ3) is 3.27. The van der Waals surface area contributed by atoms with Crippen LogP contribution in [0.3, 0.4) is 0 Å². The quantitative estimate of drug-likeness (QED) is 0.692. The molecule has 0 radical (unpaired) electrons. The molecule has 2 aliphatic rings. The SMILES string of the molecule is CCOc1c(Cl)cc([C@H]2C(C(=O)OC)=C(C)NC3=C2C(=O)c2ccccc23)cc1OC. The number of fused-ring (bicyclic) bond motifs is 2. The van der Waals surface area contributed by atoms with Gasteiger partial charge in [-0.3, -0.25) is 4.79 Å². The van der Waals surface area contributed by atoms with Gasteiger partial charge in [0.2, 0.25) is 0 Å². The van der Waals surface area contributed by atoms with Crippen LogP contribution in [-0.2, 0) is 9.53 Å². The number of allylic oxidation sites excluding steroid dienone is 2. The van der Waals surface area contributed by atoms with Crippen molar-refractivity contribution in [1.82, 2.24) is 5.32 Å². The van der Waals surface area contributed by atoms with Crippen molar-refractivity contribution in [3.8, 4) is 11.5 Å². The van der Waals surface area contributed by atoms with E-state index in [-0.39, 0.29) is 5.78 Å². The van der Waals surface area contributed by atoms with Crippen molar-refractivity contribution in [1.29, 1.82) is 0 Å². The summed E-state index contributed by atoms with van der Waals surface area (Å²) < 4.78 is 16.2. The van der Waals surface area contributed by atoms with Crippen LogP contribution in [0.2, 0.25) is 5.02 Å². The zero-order valence-corrected chi connectivity index (χ0v) is 18.4. The number of carbonyl (C=O) groups is 2. The molecule has 31 heavy (non-hydrogen) atoms. The molecule has 1 aliphatic carbocycles. The molecule has 0 aromatic heterocycles. The average molecular weight is 440 g/mol. The molecule has 0 bridgehead atoms. The highest BCUT2D eigenvalue weighted by Gasteiger charge is 2.43. The van der Waals surface area contributed by atoms with E-state index in [4.69, 9.17) is 25.8 Å². The topological polar surface area (TPSA) is 73.9 Å². The van der Waals surface area contributed by atoms with Crippen LogP contribution in [-0.4, -0.2) is 32.6 Å². The van der Waals surface area contributed by atoms with Gasteiger partial charge < -0.3 is 19.5 Å². The third-order valence-corrected chi connectivity index (χ3v) is 5.81. The van der Waals surface area contributed by atoms with Crippen LogP contribution in [0.4, 0.5) is 0 Å². The Hall–Kier alpha value is -3.25. The van der Waals surface area contributed by atoms with Crippen molar-refractivity contribution in [3.05, 3.63) is 75.0 Å². The van der Waals surface area contributed by atoms with Crippen molar-refractivity contribution in [2.24, 2.45) is 0 Å². The second-order valence-corrected chi connectivity index (χ2v) is 7.63. The molecule has 6 nitrogen and oxygen atoms in total. The fourth-order valence-electron chi connectivity index (χ4n) is 4.23. The molecule has 2 aromatic rings. The molecule has 7 heteroatoms. The molecule has 1 atom stereocenters. The zero-order chi connectivity index (χ0) is 22.3. The molecule has 1 aliphatic heterocycles. The van der Waals surface area contributed by atoms with Crippen LogP contribution in [0.25, 0.3) is 5.70 Å². The molecule has 0 fully saturated rings. The van der Waals surface area contributed by atoms with E-state index in [9.17, 15) is 9.59 Å². The first-order valence-electron chi connectivity index (χ1n) is 9.87. The number of rotatable bonds is 5. The summed E-state index contributed by atoms with van der Waals surface area (Å²) in [5.74, 6) is -0.490. The maximum absolute atomic E-state index is 13.4. The molecule has 4 rings (SSSR count). The maximum atomic E-state index is 13.4. The summed E-state index contributed by atoms with van der Waals surface area (Å²) in [5.41, 5.74) is 4.18. The zero-order valence-electron chi connectivity index (χ0n) is 17.7. The summed E-state index contributed by atoms with van der Waals surface area (Å²) in [5, 5.41) is 3.59. The second-order valence-electron chi connectivity index (χ2n) is 7.22. The monoisotopic (exact) mass is 439 g/mol. The highest BCUT2D eigenvalue weighted by molar-refractivity contribution is 6.32. The van der Waals surface area contributed by atoms with Gasteiger partial charge in [-0.25, -0.2) is 4.79 Å². The molecule has 2 aromatic carbocycles. The minimum absolute atomic E-state index is 0.138. The van der Waals surface area contributed by atoms with Gasteiger partial charge in [-0.05, 0) is 31.5 Å². The summed E-state index contributed by atoms with van der Waals surface area (Å²) >= 11 is 6.52. The van der Waals surface area contributed by atoms with Gasteiger partial charge in [0.1, 0.15) is 0 Å². The van der Waals surface area contributed by atoms with E-state index in [2.05, 4.69) is 5.32 Å². The van der Waals surface area contributed by atoms with E-state index in [0.29, 0.717) is 56.8 Å². The van der Waals surface area contributed by atoms with Gasteiger partial charge in [-0.15, -0.1) is 0 Å². The summed E-state index contributed by atoms with van der Waals surface area (Å²) in [6.07, 6.45) is 0. The largest absolute Gasteiger partial charge is 0.493 e. The van der Waals surface area contributed by atoms with Gasteiger partial charge >= 0.3 is 5.97 Å². The smallest absolute Gasteiger partial charge is 0.336 e. The van der Waals surface area contributed by atoms with Crippen LogP contribution in [0.5, 0.6) is 11.5 Å². The minimum Gasteiger partial charge on any atom is -0.493 e. The molecule has 0 saturated heterocycles. The Bertz CT molecular complexity index is 1160. The van der Waals surface area contributed by atoms with Gasteiger partial charge in [-0.1, -0.05) is 35.9 Å². The molecule has 160 valence electrons. The number of methoxy groups -OCH3 is 2. The van der Waals surface area contributed by atoms with E-state index in [1.165, 1.54) is 14.2 Å². The molecular weight excluding hydrogens is 418 g/mol. The second kappa shape index (κ2) is 8.12. The molecule has 0 unspecified atom stereocenters.